The summed E-state index contributed by atoms with van der Waals surface area (Å²) in [6.45, 7) is 2.16. The first kappa shape index (κ1) is 22.6. The van der Waals surface area contributed by atoms with Crippen molar-refractivity contribution in [3.8, 4) is 17.2 Å². The number of carbonyl (C=O) groups excluding carboxylic acids is 1. The maximum absolute atomic E-state index is 12.5. The number of amides is 1. The minimum Gasteiger partial charge on any atom is -0.493 e. The summed E-state index contributed by atoms with van der Waals surface area (Å²) in [5, 5.41) is 2.92. The third-order valence-electron chi connectivity index (χ3n) is 4.33. The summed E-state index contributed by atoms with van der Waals surface area (Å²) in [6, 6.07) is 12.8. The van der Waals surface area contributed by atoms with Gasteiger partial charge < -0.3 is 25.3 Å². The Bertz CT molecular complexity index is 715. The maximum Gasteiger partial charge on any atom is 0.225 e. The highest BCUT2D eigenvalue weighted by molar-refractivity contribution is 5.85. The van der Waals surface area contributed by atoms with E-state index in [2.05, 4.69) is 5.32 Å². The van der Waals surface area contributed by atoms with Crippen LogP contribution in [-0.4, -0.2) is 27.2 Å². The van der Waals surface area contributed by atoms with Gasteiger partial charge in [-0.25, -0.2) is 0 Å². The van der Waals surface area contributed by atoms with Crippen LogP contribution in [0.4, 0.5) is 0 Å². The van der Waals surface area contributed by atoms with Crippen molar-refractivity contribution in [3.05, 3.63) is 53.6 Å². The normalized spacial score (nSPS) is 12.3. The number of ether oxygens (including phenoxy) is 3. The van der Waals surface area contributed by atoms with E-state index in [1.54, 1.807) is 21.3 Å². The first-order valence-corrected chi connectivity index (χ1v) is 8.39. The van der Waals surface area contributed by atoms with Gasteiger partial charge in [0.25, 0.3) is 0 Å². The Hall–Kier alpha value is -2.44. The van der Waals surface area contributed by atoms with E-state index in [0.717, 1.165) is 11.1 Å². The lowest BCUT2D eigenvalue weighted by Gasteiger charge is -2.20. The molecule has 3 N–H and O–H groups in total. The van der Waals surface area contributed by atoms with Crippen LogP contribution in [0.5, 0.6) is 17.2 Å². The zero-order valence-electron chi connectivity index (χ0n) is 16.0. The quantitative estimate of drug-likeness (QED) is 0.718. The van der Waals surface area contributed by atoms with Crippen LogP contribution in [0, 0.1) is 5.92 Å². The predicted molar refractivity (Wildman–Crippen MR) is 108 cm³/mol. The SMILES string of the molecule is COc1cc(CNC(=O)C(C)C(N)c2ccccc2)cc(OC)c1OC.Cl. The zero-order chi connectivity index (χ0) is 19.1. The van der Waals surface area contributed by atoms with Crippen molar-refractivity contribution in [2.45, 2.75) is 19.5 Å². The van der Waals surface area contributed by atoms with Crippen molar-refractivity contribution in [2.24, 2.45) is 11.7 Å². The van der Waals surface area contributed by atoms with Gasteiger partial charge in [0.2, 0.25) is 11.7 Å². The van der Waals surface area contributed by atoms with Gasteiger partial charge in [-0.15, -0.1) is 12.4 Å². The van der Waals surface area contributed by atoms with E-state index in [4.69, 9.17) is 19.9 Å². The van der Waals surface area contributed by atoms with E-state index in [1.165, 1.54) is 0 Å². The van der Waals surface area contributed by atoms with Gasteiger partial charge >= 0.3 is 0 Å². The molecule has 1 amide bonds. The molecule has 2 unspecified atom stereocenters. The second-order valence-corrected chi connectivity index (χ2v) is 5.98. The Balaban J connectivity index is 0.00000364. The van der Waals surface area contributed by atoms with E-state index in [-0.39, 0.29) is 30.3 Å². The Morgan fingerprint density at radius 2 is 1.59 bits per heavy atom. The van der Waals surface area contributed by atoms with Crippen molar-refractivity contribution >= 4 is 18.3 Å². The summed E-state index contributed by atoms with van der Waals surface area (Å²) in [7, 11) is 4.66. The number of nitrogens with one attached hydrogen (secondary N) is 1. The lowest BCUT2D eigenvalue weighted by atomic mass is 9.94. The van der Waals surface area contributed by atoms with Gasteiger partial charge in [0.15, 0.2) is 11.5 Å². The van der Waals surface area contributed by atoms with Gasteiger partial charge in [0, 0.05) is 12.6 Å². The number of hydrogen-bond donors (Lipinski definition) is 2. The average molecular weight is 395 g/mol. The van der Waals surface area contributed by atoms with Crippen LogP contribution in [0.1, 0.15) is 24.1 Å². The second kappa shape index (κ2) is 10.6. The number of halogens is 1. The summed E-state index contributed by atoms with van der Waals surface area (Å²) >= 11 is 0. The van der Waals surface area contributed by atoms with Crippen LogP contribution in [0.3, 0.4) is 0 Å². The smallest absolute Gasteiger partial charge is 0.225 e. The molecule has 0 saturated heterocycles. The second-order valence-electron chi connectivity index (χ2n) is 5.98. The van der Waals surface area contributed by atoms with Crippen LogP contribution in [0.15, 0.2) is 42.5 Å². The van der Waals surface area contributed by atoms with Crippen molar-refractivity contribution in [1.29, 1.82) is 0 Å². The number of benzene rings is 2. The van der Waals surface area contributed by atoms with Crippen LogP contribution in [0.25, 0.3) is 0 Å². The molecule has 148 valence electrons. The fraction of sp³-hybridized carbons (Fsp3) is 0.350. The molecule has 0 aliphatic heterocycles. The van der Waals surface area contributed by atoms with Gasteiger partial charge in [0.1, 0.15) is 0 Å². The standard InChI is InChI=1S/C20H26N2O4.ClH/c1-13(18(21)15-8-6-5-7-9-15)20(23)22-12-14-10-16(24-2)19(26-4)17(11-14)25-3;/h5-11,13,18H,12,21H2,1-4H3,(H,22,23);1H. The maximum atomic E-state index is 12.5. The fourth-order valence-corrected chi connectivity index (χ4v) is 2.71. The Labute approximate surface area is 166 Å². The molecule has 0 bridgehead atoms. The first-order valence-electron chi connectivity index (χ1n) is 8.39. The van der Waals surface area contributed by atoms with Crippen LogP contribution in [-0.2, 0) is 11.3 Å². The number of nitrogens with two attached hydrogens (primary N) is 1. The lowest BCUT2D eigenvalue weighted by molar-refractivity contribution is -0.125. The van der Waals surface area contributed by atoms with Crippen LogP contribution >= 0.6 is 12.4 Å². The number of carbonyl (C=O) groups is 1. The van der Waals surface area contributed by atoms with E-state index < -0.39 is 0 Å². The highest BCUT2D eigenvalue weighted by Crippen LogP contribution is 2.38. The van der Waals surface area contributed by atoms with E-state index in [1.807, 2.05) is 49.4 Å². The van der Waals surface area contributed by atoms with Crippen molar-refractivity contribution < 1.29 is 19.0 Å². The third-order valence-corrected chi connectivity index (χ3v) is 4.33. The summed E-state index contributed by atoms with van der Waals surface area (Å²) in [5.41, 5.74) is 7.99. The number of hydrogen-bond acceptors (Lipinski definition) is 5. The monoisotopic (exact) mass is 394 g/mol. The van der Waals surface area contributed by atoms with E-state index >= 15 is 0 Å². The van der Waals surface area contributed by atoms with Gasteiger partial charge in [-0.3, -0.25) is 4.79 Å². The molecule has 0 saturated carbocycles. The highest BCUT2D eigenvalue weighted by Gasteiger charge is 2.22. The number of rotatable bonds is 8. The predicted octanol–water partition coefficient (Wildman–Crippen LogP) is 3.09. The molecule has 7 heteroatoms. The first-order chi connectivity index (χ1) is 12.5. The summed E-state index contributed by atoms with van der Waals surface area (Å²) in [5.74, 6) is 1.13. The summed E-state index contributed by atoms with van der Waals surface area (Å²) in [4.78, 5) is 12.5. The Morgan fingerprint density at radius 1 is 1.04 bits per heavy atom. The molecule has 0 spiro atoms. The van der Waals surface area contributed by atoms with Crippen LogP contribution < -0.4 is 25.3 Å². The van der Waals surface area contributed by atoms with Gasteiger partial charge in [-0.05, 0) is 23.3 Å². The average Bonchev–Trinajstić information content (AvgIpc) is 2.70. The van der Waals surface area contributed by atoms with Gasteiger partial charge in [-0.2, -0.15) is 0 Å². The van der Waals surface area contributed by atoms with Crippen molar-refractivity contribution in [1.82, 2.24) is 5.32 Å². The molecule has 2 rings (SSSR count). The molecule has 0 heterocycles. The summed E-state index contributed by atoms with van der Waals surface area (Å²) in [6.07, 6.45) is 0. The molecule has 0 aromatic heterocycles. The molecule has 6 nitrogen and oxygen atoms in total. The molecule has 0 aliphatic rings. The van der Waals surface area contributed by atoms with Gasteiger partial charge in [0.05, 0.1) is 27.2 Å². The third kappa shape index (κ3) is 5.52. The van der Waals surface area contributed by atoms with Crippen molar-refractivity contribution in [3.63, 3.8) is 0 Å². The fourth-order valence-electron chi connectivity index (χ4n) is 2.71. The van der Waals surface area contributed by atoms with E-state index in [9.17, 15) is 4.79 Å². The lowest BCUT2D eigenvalue weighted by Crippen LogP contribution is -2.35. The minimum atomic E-state index is -0.365. The van der Waals surface area contributed by atoms with Crippen molar-refractivity contribution in [2.75, 3.05) is 21.3 Å². The van der Waals surface area contributed by atoms with E-state index in [0.29, 0.717) is 23.8 Å². The molecular weight excluding hydrogens is 368 g/mol. The molecule has 2 aromatic carbocycles. The molecule has 2 atom stereocenters. The van der Waals surface area contributed by atoms with Gasteiger partial charge in [-0.1, -0.05) is 37.3 Å². The Kier molecular flexibility index (Phi) is 8.91. The summed E-state index contributed by atoms with van der Waals surface area (Å²) < 4.78 is 16.0. The molecular formula is C20H27ClN2O4. The Morgan fingerprint density at radius 3 is 2.07 bits per heavy atom. The molecule has 2 aromatic rings. The largest absolute Gasteiger partial charge is 0.493 e. The molecule has 27 heavy (non-hydrogen) atoms. The molecule has 0 radical (unpaired) electrons. The van der Waals surface area contributed by atoms with Crippen LogP contribution in [0.2, 0.25) is 0 Å². The number of methoxy groups -OCH3 is 3. The highest BCUT2D eigenvalue weighted by atomic mass is 35.5. The topological polar surface area (TPSA) is 82.8 Å². The minimum absolute atomic E-state index is 0. The molecule has 0 aliphatic carbocycles. The molecule has 0 fully saturated rings. The zero-order valence-corrected chi connectivity index (χ0v) is 16.8.